The lowest BCUT2D eigenvalue weighted by atomic mass is 10.3. The van der Waals surface area contributed by atoms with Crippen molar-refractivity contribution in [3.63, 3.8) is 0 Å². The fourth-order valence-corrected chi connectivity index (χ4v) is 1.34. The minimum atomic E-state index is -2.38. The summed E-state index contributed by atoms with van der Waals surface area (Å²) in [7, 11) is 0. The van der Waals surface area contributed by atoms with Crippen molar-refractivity contribution in [1.82, 2.24) is 9.88 Å². The Hall–Kier alpha value is -0.940. The topological polar surface area (TPSA) is 26.2 Å². The summed E-state index contributed by atoms with van der Waals surface area (Å²) in [6.45, 7) is 4.20. The number of nitrogens with zero attached hydrogens (tertiary/aromatic N) is 1. The molecule has 1 aromatic heterocycles. The Labute approximate surface area is 94.4 Å². The van der Waals surface area contributed by atoms with E-state index in [1.165, 1.54) is 5.56 Å². The number of rotatable bonds is 8. The largest absolute Gasteiger partial charge is 0.374 e. The molecule has 0 atom stereocenters. The first-order valence-corrected chi connectivity index (χ1v) is 5.43. The van der Waals surface area contributed by atoms with E-state index in [2.05, 4.69) is 23.0 Å². The van der Waals surface area contributed by atoms with Crippen LogP contribution in [0, 0.1) is 0 Å². The average Bonchev–Trinajstić information content (AvgIpc) is 2.70. The molecular weight excluding hydrogens is 214 g/mol. The van der Waals surface area contributed by atoms with Crippen LogP contribution in [-0.4, -0.2) is 30.8 Å². The molecule has 0 aliphatic heterocycles. The zero-order chi connectivity index (χ0) is 11.8. The summed E-state index contributed by atoms with van der Waals surface area (Å²) in [5.41, 5.74) is 1.19. The molecule has 0 aliphatic carbocycles. The number of aryl methyl sites for hydroxylation is 1. The van der Waals surface area contributed by atoms with Crippen LogP contribution in [0.3, 0.4) is 0 Å². The lowest BCUT2D eigenvalue weighted by molar-refractivity contribution is 0.0187. The molecule has 0 spiro atoms. The summed E-state index contributed by atoms with van der Waals surface area (Å²) in [6, 6.07) is 2.04. The number of hydrogen-bond donors (Lipinski definition) is 1. The van der Waals surface area contributed by atoms with Crippen LogP contribution < -0.4 is 5.32 Å². The minimum Gasteiger partial charge on any atom is -0.374 e. The Balaban J connectivity index is 2.02. The zero-order valence-electron chi connectivity index (χ0n) is 9.46. The maximum atomic E-state index is 11.7. The van der Waals surface area contributed by atoms with E-state index >= 15 is 0 Å². The van der Waals surface area contributed by atoms with Crippen LogP contribution >= 0.6 is 0 Å². The average molecular weight is 232 g/mol. The van der Waals surface area contributed by atoms with Crippen molar-refractivity contribution in [2.24, 2.45) is 0 Å². The number of hydrogen-bond acceptors (Lipinski definition) is 2. The van der Waals surface area contributed by atoms with Gasteiger partial charge in [0.05, 0.1) is 6.61 Å². The van der Waals surface area contributed by atoms with E-state index in [4.69, 9.17) is 4.74 Å². The number of aromatic nitrogens is 1. The number of nitrogens with one attached hydrogen (secondary N) is 1. The predicted molar refractivity (Wildman–Crippen MR) is 58.6 cm³/mol. The molecule has 0 amide bonds. The van der Waals surface area contributed by atoms with Gasteiger partial charge >= 0.3 is 0 Å². The molecule has 0 saturated heterocycles. The molecule has 1 aromatic rings. The highest BCUT2D eigenvalue weighted by Gasteiger charge is 2.00. The molecule has 0 aromatic carbocycles. The molecule has 0 bridgehead atoms. The SMILES string of the molecule is CCn1ccc(CNCCOCC(F)F)c1. The van der Waals surface area contributed by atoms with Crippen molar-refractivity contribution in [2.75, 3.05) is 19.8 Å². The van der Waals surface area contributed by atoms with Gasteiger partial charge in [0.2, 0.25) is 0 Å². The Morgan fingerprint density at radius 3 is 2.94 bits per heavy atom. The highest BCUT2D eigenvalue weighted by molar-refractivity contribution is 5.09. The maximum Gasteiger partial charge on any atom is 0.261 e. The predicted octanol–water partition coefficient (Wildman–Crippen LogP) is 1.88. The minimum absolute atomic E-state index is 0.318. The van der Waals surface area contributed by atoms with Crippen LogP contribution in [0.4, 0.5) is 8.78 Å². The van der Waals surface area contributed by atoms with Gasteiger partial charge in [-0.15, -0.1) is 0 Å². The van der Waals surface area contributed by atoms with Gasteiger partial charge in [0.1, 0.15) is 6.61 Å². The van der Waals surface area contributed by atoms with Gasteiger partial charge in [0.25, 0.3) is 6.43 Å². The van der Waals surface area contributed by atoms with E-state index in [0.29, 0.717) is 13.2 Å². The van der Waals surface area contributed by atoms with Crippen LogP contribution in [-0.2, 0) is 17.8 Å². The van der Waals surface area contributed by atoms with Crippen molar-refractivity contribution in [1.29, 1.82) is 0 Å². The van der Waals surface area contributed by atoms with Gasteiger partial charge < -0.3 is 14.6 Å². The van der Waals surface area contributed by atoms with Gasteiger partial charge in [-0.3, -0.25) is 0 Å². The maximum absolute atomic E-state index is 11.7. The third-order valence-corrected chi connectivity index (χ3v) is 2.17. The monoisotopic (exact) mass is 232 g/mol. The standard InChI is InChI=1S/C11H18F2N2O/c1-2-15-5-3-10(8-15)7-14-4-6-16-9-11(12)13/h3,5,8,11,14H,2,4,6-7,9H2,1H3. The molecule has 0 aliphatic rings. The summed E-state index contributed by atoms with van der Waals surface area (Å²) in [5.74, 6) is 0. The quantitative estimate of drug-likeness (QED) is 0.693. The summed E-state index contributed by atoms with van der Waals surface area (Å²) >= 11 is 0. The normalized spacial score (nSPS) is 11.2. The fourth-order valence-electron chi connectivity index (χ4n) is 1.34. The fraction of sp³-hybridized carbons (Fsp3) is 0.636. The van der Waals surface area contributed by atoms with Gasteiger partial charge in [-0.2, -0.15) is 0 Å². The summed E-state index contributed by atoms with van der Waals surface area (Å²) in [6.07, 6.45) is 1.70. The van der Waals surface area contributed by atoms with Crippen molar-refractivity contribution in [2.45, 2.75) is 26.4 Å². The van der Waals surface area contributed by atoms with Crippen molar-refractivity contribution in [3.05, 3.63) is 24.0 Å². The summed E-state index contributed by atoms with van der Waals surface area (Å²) < 4.78 is 30.2. The second-order valence-electron chi connectivity index (χ2n) is 3.49. The molecule has 0 unspecified atom stereocenters. The first kappa shape index (κ1) is 13.1. The summed E-state index contributed by atoms with van der Waals surface area (Å²) in [4.78, 5) is 0. The Morgan fingerprint density at radius 2 is 2.31 bits per heavy atom. The second-order valence-corrected chi connectivity index (χ2v) is 3.49. The third kappa shape index (κ3) is 5.23. The van der Waals surface area contributed by atoms with Gasteiger partial charge in [0.15, 0.2) is 0 Å². The molecule has 0 saturated carbocycles. The molecule has 92 valence electrons. The van der Waals surface area contributed by atoms with Crippen molar-refractivity contribution in [3.8, 4) is 0 Å². The Morgan fingerprint density at radius 1 is 1.50 bits per heavy atom. The number of ether oxygens (including phenoxy) is 1. The van der Waals surface area contributed by atoms with Gasteiger partial charge in [-0.1, -0.05) is 0 Å². The lowest BCUT2D eigenvalue weighted by Crippen LogP contribution is -2.20. The van der Waals surface area contributed by atoms with E-state index in [1.54, 1.807) is 0 Å². The molecule has 3 nitrogen and oxygen atoms in total. The van der Waals surface area contributed by atoms with E-state index in [-0.39, 0.29) is 0 Å². The van der Waals surface area contributed by atoms with E-state index < -0.39 is 13.0 Å². The molecule has 0 radical (unpaired) electrons. The highest BCUT2D eigenvalue weighted by atomic mass is 19.3. The molecule has 1 N–H and O–H groups in total. The van der Waals surface area contributed by atoms with Crippen molar-refractivity contribution >= 4 is 0 Å². The molecule has 5 heteroatoms. The smallest absolute Gasteiger partial charge is 0.261 e. The van der Waals surface area contributed by atoms with Gasteiger partial charge in [-0.05, 0) is 18.6 Å². The molecular formula is C11H18F2N2O. The van der Waals surface area contributed by atoms with Gasteiger partial charge in [-0.25, -0.2) is 8.78 Å². The van der Waals surface area contributed by atoms with Gasteiger partial charge in [0, 0.05) is 32.0 Å². The van der Waals surface area contributed by atoms with Crippen LogP contribution in [0.2, 0.25) is 0 Å². The van der Waals surface area contributed by atoms with Crippen LogP contribution in [0.5, 0.6) is 0 Å². The second kappa shape index (κ2) is 7.35. The lowest BCUT2D eigenvalue weighted by Gasteiger charge is -2.04. The molecule has 16 heavy (non-hydrogen) atoms. The first-order valence-electron chi connectivity index (χ1n) is 5.43. The van der Waals surface area contributed by atoms with Crippen LogP contribution in [0.15, 0.2) is 18.5 Å². The Bertz CT molecular complexity index is 289. The van der Waals surface area contributed by atoms with Crippen LogP contribution in [0.25, 0.3) is 0 Å². The van der Waals surface area contributed by atoms with E-state index in [9.17, 15) is 8.78 Å². The highest BCUT2D eigenvalue weighted by Crippen LogP contribution is 2.00. The third-order valence-electron chi connectivity index (χ3n) is 2.17. The Kier molecular flexibility index (Phi) is 6.03. The first-order chi connectivity index (χ1) is 7.72. The van der Waals surface area contributed by atoms with E-state index in [0.717, 1.165) is 13.1 Å². The van der Waals surface area contributed by atoms with Crippen LogP contribution in [0.1, 0.15) is 12.5 Å². The molecule has 1 heterocycles. The summed E-state index contributed by atoms with van der Waals surface area (Å²) in [5, 5.41) is 3.13. The zero-order valence-corrected chi connectivity index (χ0v) is 9.46. The number of halogens is 2. The van der Waals surface area contributed by atoms with Crippen molar-refractivity contribution < 1.29 is 13.5 Å². The number of alkyl halides is 2. The van der Waals surface area contributed by atoms with E-state index in [1.807, 2.05) is 12.3 Å². The molecule has 0 fully saturated rings. The molecule has 1 rings (SSSR count).